The molecule has 31 heavy (non-hydrogen) atoms. The first kappa shape index (κ1) is 21.1. The summed E-state index contributed by atoms with van der Waals surface area (Å²) < 4.78 is 0. The zero-order chi connectivity index (χ0) is 22.0. The molecule has 0 spiro atoms. The molecule has 2 aromatic rings. The normalized spacial score (nSPS) is 21.4. The number of rotatable bonds is 5. The minimum atomic E-state index is -0.565. The van der Waals surface area contributed by atoms with E-state index in [0.717, 1.165) is 16.7 Å². The number of piperazine rings is 1. The molecule has 0 bridgehead atoms. The number of hydrogen-bond donors (Lipinski definition) is 1. The van der Waals surface area contributed by atoms with Gasteiger partial charge in [0.2, 0.25) is 17.7 Å². The van der Waals surface area contributed by atoms with Gasteiger partial charge in [-0.2, -0.15) is 0 Å². The molecule has 2 fully saturated rings. The maximum absolute atomic E-state index is 13.3. The van der Waals surface area contributed by atoms with Crippen LogP contribution in [0.15, 0.2) is 48.5 Å². The van der Waals surface area contributed by atoms with Crippen molar-refractivity contribution >= 4 is 17.7 Å². The summed E-state index contributed by atoms with van der Waals surface area (Å²) in [7, 11) is 0. The van der Waals surface area contributed by atoms with Crippen molar-refractivity contribution in [2.24, 2.45) is 0 Å². The highest BCUT2D eigenvalue weighted by Crippen LogP contribution is 2.28. The first-order valence-corrected chi connectivity index (χ1v) is 11.0. The number of likely N-dealkylation sites (N-methyl/N-ethyl adjacent to an activating group) is 1. The second-order valence-electron chi connectivity index (χ2n) is 8.35. The van der Waals surface area contributed by atoms with E-state index in [0.29, 0.717) is 38.9 Å². The predicted molar refractivity (Wildman–Crippen MR) is 119 cm³/mol. The zero-order valence-electron chi connectivity index (χ0n) is 18.1. The highest BCUT2D eigenvalue weighted by Gasteiger charge is 2.41. The molecule has 0 saturated carbocycles. The van der Waals surface area contributed by atoms with Gasteiger partial charge in [-0.1, -0.05) is 54.1 Å². The summed E-state index contributed by atoms with van der Waals surface area (Å²) in [4.78, 5) is 41.7. The molecular formula is C25H29N3O3. The van der Waals surface area contributed by atoms with Crippen molar-refractivity contribution in [3.63, 3.8) is 0 Å². The summed E-state index contributed by atoms with van der Waals surface area (Å²) in [5.74, 6) is -0.267. The molecular weight excluding hydrogens is 390 g/mol. The Labute approximate surface area is 183 Å². The van der Waals surface area contributed by atoms with E-state index < -0.39 is 12.1 Å². The fraction of sp³-hybridized carbons (Fsp3) is 0.400. The minimum absolute atomic E-state index is 0.0227. The first-order valence-electron chi connectivity index (χ1n) is 11.0. The summed E-state index contributed by atoms with van der Waals surface area (Å²) in [5.41, 5.74) is 4.39. The summed E-state index contributed by atoms with van der Waals surface area (Å²) in [6.07, 6.45) is 1.30. The van der Waals surface area contributed by atoms with E-state index in [4.69, 9.17) is 0 Å². The fourth-order valence-corrected chi connectivity index (χ4v) is 4.61. The largest absolute Gasteiger partial charge is 0.344 e. The van der Waals surface area contributed by atoms with Crippen LogP contribution in [-0.2, 0) is 20.8 Å². The molecule has 2 heterocycles. The Hall–Kier alpha value is -3.15. The van der Waals surface area contributed by atoms with Gasteiger partial charge in [-0.05, 0) is 37.0 Å². The van der Waals surface area contributed by atoms with Gasteiger partial charge in [0.25, 0.3) is 0 Å². The van der Waals surface area contributed by atoms with Crippen LogP contribution in [0, 0.1) is 6.92 Å². The number of hydrogen-bond acceptors (Lipinski definition) is 3. The van der Waals surface area contributed by atoms with E-state index in [9.17, 15) is 14.4 Å². The number of carbonyl (C=O) groups excluding carboxylic acids is 3. The Morgan fingerprint density at radius 1 is 1.10 bits per heavy atom. The molecule has 0 unspecified atom stereocenters. The zero-order valence-corrected chi connectivity index (χ0v) is 18.1. The van der Waals surface area contributed by atoms with Crippen molar-refractivity contribution in [2.75, 3.05) is 19.6 Å². The Balaban J connectivity index is 1.66. The Morgan fingerprint density at radius 2 is 1.90 bits per heavy atom. The predicted octanol–water partition coefficient (Wildman–Crippen LogP) is 2.54. The highest BCUT2D eigenvalue weighted by atomic mass is 16.2. The average Bonchev–Trinajstić information content (AvgIpc) is 3.21. The lowest BCUT2D eigenvalue weighted by molar-refractivity contribution is -0.152. The van der Waals surface area contributed by atoms with Crippen LogP contribution in [0.25, 0.3) is 11.1 Å². The third-order valence-electron chi connectivity index (χ3n) is 6.30. The smallest absolute Gasteiger partial charge is 0.245 e. The second-order valence-corrected chi connectivity index (χ2v) is 8.35. The molecule has 2 aromatic carbocycles. The molecule has 162 valence electrons. The molecule has 4 rings (SSSR count). The van der Waals surface area contributed by atoms with Gasteiger partial charge in [-0.15, -0.1) is 0 Å². The molecule has 2 saturated heterocycles. The van der Waals surface area contributed by atoms with E-state index in [-0.39, 0.29) is 17.7 Å². The fourth-order valence-electron chi connectivity index (χ4n) is 4.61. The van der Waals surface area contributed by atoms with Crippen LogP contribution in [0.2, 0.25) is 0 Å². The van der Waals surface area contributed by atoms with Crippen molar-refractivity contribution in [3.05, 3.63) is 59.7 Å². The molecule has 0 radical (unpaired) electrons. The Morgan fingerprint density at radius 3 is 2.61 bits per heavy atom. The van der Waals surface area contributed by atoms with Crippen LogP contribution in [0.3, 0.4) is 0 Å². The van der Waals surface area contributed by atoms with Crippen LogP contribution >= 0.6 is 0 Å². The molecule has 1 N–H and O–H groups in total. The van der Waals surface area contributed by atoms with Crippen molar-refractivity contribution in [1.82, 2.24) is 15.1 Å². The summed E-state index contributed by atoms with van der Waals surface area (Å²) in [5, 5.41) is 2.76. The molecule has 0 aromatic heterocycles. The van der Waals surface area contributed by atoms with Gasteiger partial charge < -0.3 is 15.1 Å². The summed E-state index contributed by atoms with van der Waals surface area (Å²) in [6.45, 7) is 5.66. The van der Waals surface area contributed by atoms with Gasteiger partial charge in [0, 0.05) is 32.5 Å². The van der Waals surface area contributed by atoms with Gasteiger partial charge in [0.15, 0.2) is 0 Å². The number of nitrogens with zero attached hydrogens (tertiary/aromatic N) is 2. The van der Waals surface area contributed by atoms with Crippen molar-refractivity contribution in [1.29, 1.82) is 0 Å². The Kier molecular flexibility index (Phi) is 6.07. The Bertz CT molecular complexity index is 1000. The summed E-state index contributed by atoms with van der Waals surface area (Å²) in [6, 6.07) is 15.3. The van der Waals surface area contributed by atoms with Crippen LogP contribution < -0.4 is 5.32 Å². The molecule has 2 atom stereocenters. The molecule has 6 nitrogen and oxygen atoms in total. The quantitative estimate of drug-likeness (QED) is 0.810. The minimum Gasteiger partial charge on any atom is -0.344 e. The van der Waals surface area contributed by atoms with Crippen molar-refractivity contribution in [2.45, 2.75) is 45.2 Å². The molecule has 2 aliphatic heterocycles. The van der Waals surface area contributed by atoms with E-state index in [1.54, 1.807) is 4.90 Å². The van der Waals surface area contributed by atoms with Crippen molar-refractivity contribution in [3.8, 4) is 11.1 Å². The monoisotopic (exact) mass is 419 g/mol. The average molecular weight is 420 g/mol. The second kappa shape index (κ2) is 8.92. The van der Waals surface area contributed by atoms with Gasteiger partial charge in [0.1, 0.15) is 12.1 Å². The SMILES string of the molecule is CCN1CCN(C(=O)[C@H]2CCC(=O)N2)[C@@H](Cc2ccccc2-c2cccc(C)c2)C1=O. The van der Waals surface area contributed by atoms with E-state index in [1.807, 2.05) is 36.1 Å². The topological polar surface area (TPSA) is 69.7 Å². The van der Waals surface area contributed by atoms with Crippen LogP contribution in [0.4, 0.5) is 0 Å². The number of amides is 3. The maximum Gasteiger partial charge on any atom is 0.245 e. The van der Waals surface area contributed by atoms with Crippen LogP contribution in [0.1, 0.15) is 30.9 Å². The molecule has 3 amide bonds. The van der Waals surface area contributed by atoms with Crippen LogP contribution in [0.5, 0.6) is 0 Å². The third-order valence-corrected chi connectivity index (χ3v) is 6.30. The van der Waals surface area contributed by atoms with Gasteiger partial charge in [0.05, 0.1) is 0 Å². The van der Waals surface area contributed by atoms with Crippen molar-refractivity contribution < 1.29 is 14.4 Å². The lowest BCUT2D eigenvalue weighted by atomic mass is 9.92. The summed E-state index contributed by atoms with van der Waals surface area (Å²) >= 11 is 0. The standard InChI is InChI=1S/C25H29N3O3/c1-3-27-13-14-28(24(30)21-11-12-23(29)26-21)22(25(27)31)16-19-8-4-5-10-20(19)18-9-6-7-17(2)15-18/h4-10,15,21-22H,3,11-14,16H2,1-2H3,(H,26,29)/t21-,22+/m1/s1. The maximum atomic E-state index is 13.3. The lowest BCUT2D eigenvalue weighted by Gasteiger charge is -2.41. The first-order chi connectivity index (χ1) is 15.0. The number of nitrogens with one attached hydrogen (secondary N) is 1. The number of benzene rings is 2. The van der Waals surface area contributed by atoms with E-state index >= 15 is 0 Å². The van der Waals surface area contributed by atoms with Gasteiger partial charge in [-0.3, -0.25) is 14.4 Å². The van der Waals surface area contributed by atoms with Crippen LogP contribution in [-0.4, -0.2) is 59.2 Å². The van der Waals surface area contributed by atoms with Gasteiger partial charge >= 0.3 is 0 Å². The number of carbonyl (C=O) groups is 3. The number of aryl methyl sites for hydroxylation is 1. The third kappa shape index (κ3) is 4.33. The highest BCUT2D eigenvalue weighted by molar-refractivity contribution is 5.95. The lowest BCUT2D eigenvalue weighted by Crippen LogP contribution is -2.62. The molecule has 2 aliphatic rings. The molecule has 0 aliphatic carbocycles. The molecule has 6 heteroatoms. The van der Waals surface area contributed by atoms with E-state index in [2.05, 4.69) is 36.5 Å². The van der Waals surface area contributed by atoms with Gasteiger partial charge in [-0.25, -0.2) is 0 Å². The van der Waals surface area contributed by atoms with E-state index in [1.165, 1.54) is 5.56 Å².